The summed E-state index contributed by atoms with van der Waals surface area (Å²) in [4.78, 5) is 15.8. The van der Waals surface area contributed by atoms with Crippen molar-refractivity contribution in [2.24, 2.45) is 5.73 Å². The van der Waals surface area contributed by atoms with Crippen molar-refractivity contribution in [1.82, 2.24) is 4.98 Å². The highest BCUT2D eigenvalue weighted by Gasteiger charge is 2.18. The molecule has 1 amide bonds. The van der Waals surface area contributed by atoms with Crippen molar-refractivity contribution in [3.8, 4) is 0 Å². The Morgan fingerprint density at radius 3 is 2.69 bits per heavy atom. The molecule has 1 aromatic heterocycles. The standard InChI is InChI=1S/C11H19N3OS/c1-7(12)5-9(15)14-10-13-8(6-16-10)11(2,3)4/h6-7H,5,12H2,1-4H3,(H,13,14,15). The van der Waals surface area contributed by atoms with Gasteiger partial charge in [-0.05, 0) is 6.92 Å². The number of nitrogens with one attached hydrogen (secondary N) is 1. The first-order valence-corrected chi connectivity index (χ1v) is 6.18. The Hall–Kier alpha value is -0.940. The number of carbonyl (C=O) groups is 1. The minimum Gasteiger partial charge on any atom is -0.327 e. The van der Waals surface area contributed by atoms with Crippen LogP contribution in [0.3, 0.4) is 0 Å². The van der Waals surface area contributed by atoms with E-state index in [2.05, 4.69) is 31.1 Å². The molecule has 0 fully saturated rings. The molecule has 1 atom stereocenters. The second kappa shape index (κ2) is 4.93. The minimum absolute atomic E-state index is 0.0145. The third-order valence-electron chi connectivity index (χ3n) is 2.03. The number of rotatable bonds is 3. The Bertz CT molecular complexity index is 366. The van der Waals surface area contributed by atoms with Gasteiger partial charge in [0.15, 0.2) is 5.13 Å². The number of hydrogen-bond donors (Lipinski definition) is 2. The van der Waals surface area contributed by atoms with E-state index in [1.165, 1.54) is 11.3 Å². The third-order valence-corrected chi connectivity index (χ3v) is 2.78. The van der Waals surface area contributed by atoms with Crippen LogP contribution in [0.1, 0.15) is 39.8 Å². The quantitative estimate of drug-likeness (QED) is 0.851. The molecular weight excluding hydrogens is 222 g/mol. The highest BCUT2D eigenvalue weighted by atomic mass is 32.1. The second-order valence-electron chi connectivity index (χ2n) is 5.02. The number of carbonyl (C=O) groups excluding carboxylic acids is 1. The van der Waals surface area contributed by atoms with E-state index in [1.54, 1.807) is 0 Å². The molecule has 3 N–H and O–H groups in total. The molecule has 16 heavy (non-hydrogen) atoms. The topological polar surface area (TPSA) is 68.0 Å². The summed E-state index contributed by atoms with van der Waals surface area (Å²) < 4.78 is 0. The van der Waals surface area contributed by atoms with Crippen molar-refractivity contribution in [2.45, 2.75) is 45.6 Å². The molecule has 0 radical (unpaired) electrons. The van der Waals surface area contributed by atoms with Crippen molar-refractivity contribution in [2.75, 3.05) is 5.32 Å². The van der Waals surface area contributed by atoms with E-state index < -0.39 is 0 Å². The van der Waals surface area contributed by atoms with Gasteiger partial charge in [0.2, 0.25) is 5.91 Å². The number of aromatic nitrogens is 1. The lowest BCUT2D eigenvalue weighted by molar-refractivity contribution is -0.116. The summed E-state index contributed by atoms with van der Waals surface area (Å²) in [5, 5.41) is 5.38. The maximum absolute atomic E-state index is 11.5. The van der Waals surface area contributed by atoms with Crippen LogP contribution in [0.5, 0.6) is 0 Å². The molecule has 0 spiro atoms. The molecule has 0 aliphatic rings. The van der Waals surface area contributed by atoms with Crippen LogP contribution in [0, 0.1) is 0 Å². The molecule has 1 aromatic rings. The van der Waals surface area contributed by atoms with Crippen LogP contribution in [0.2, 0.25) is 0 Å². The molecular formula is C11H19N3OS. The lowest BCUT2D eigenvalue weighted by Gasteiger charge is -2.14. The molecule has 0 aliphatic carbocycles. The summed E-state index contributed by atoms with van der Waals surface area (Å²) in [6.45, 7) is 8.09. The SMILES string of the molecule is CC(N)CC(=O)Nc1nc(C(C)(C)C)cs1. The van der Waals surface area contributed by atoms with Gasteiger partial charge in [-0.15, -0.1) is 11.3 Å². The van der Waals surface area contributed by atoms with Crippen LogP contribution >= 0.6 is 11.3 Å². The van der Waals surface area contributed by atoms with Gasteiger partial charge in [0.1, 0.15) is 0 Å². The Labute approximate surface area is 100 Å². The normalized spacial score (nSPS) is 13.6. The molecule has 5 heteroatoms. The van der Waals surface area contributed by atoms with Gasteiger partial charge in [-0.3, -0.25) is 4.79 Å². The fourth-order valence-electron chi connectivity index (χ4n) is 1.14. The number of thiazole rings is 1. The van der Waals surface area contributed by atoms with E-state index in [9.17, 15) is 4.79 Å². The van der Waals surface area contributed by atoms with Crippen molar-refractivity contribution >= 4 is 22.4 Å². The smallest absolute Gasteiger partial charge is 0.227 e. The zero-order valence-electron chi connectivity index (χ0n) is 10.2. The van der Waals surface area contributed by atoms with Crippen molar-refractivity contribution in [3.63, 3.8) is 0 Å². The zero-order valence-corrected chi connectivity index (χ0v) is 11.0. The van der Waals surface area contributed by atoms with E-state index in [4.69, 9.17) is 5.73 Å². The maximum Gasteiger partial charge on any atom is 0.227 e. The largest absolute Gasteiger partial charge is 0.327 e. The van der Waals surface area contributed by atoms with E-state index in [1.807, 2.05) is 12.3 Å². The van der Waals surface area contributed by atoms with E-state index in [-0.39, 0.29) is 17.4 Å². The highest BCUT2D eigenvalue weighted by molar-refractivity contribution is 7.13. The Balaban J connectivity index is 2.62. The van der Waals surface area contributed by atoms with Gasteiger partial charge in [-0.1, -0.05) is 20.8 Å². The first-order chi connectivity index (χ1) is 7.29. The molecule has 4 nitrogen and oxygen atoms in total. The predicted octanol–water partition coefficient (Wildman–Crippen LogP) is 2.12. The van der Waals surface area contributed by atoms with E-state index in [0.29, 0.717) is 11.6 Å². The molecule has 0 bridgehead atoms. The number of anilines is 1. The Morgan fingerprint density at radius 1 is 1.62 bits per heavy atom. The second-order valence-corrected chi connectivity index (χ2v) is 5.88. The first kappa shape index (κ1) is 13.1. The molecule has 1 unspecified atom stereocenters. The number of hydrogen-bond acceptors (Lipinski definition) is 4. The molecule has 1 heterocycles. The summed E-state index contributed by atoms with van der Waals surface area (Å²) in [5.74, 6) is -0.0789. The van der Waals surface area contributed by atoms with Gasteiger partial charge >= 0.3 is 0 Å². The van der Waals surface area contributed by atoms with Gasteiger partial charge in [0, 0.05) is 23.3 Å². The lowest BCUT2D eigenvalue weighted by atomic mass is 9.93. The van der Waals surface area contributed by atoms with Crippen LogP contribution in [0.4, 0.5) is 5.13 Å². The first-order valence-electron chi connectivity index (χ1n) is 5.30. The van der Waals surface area contributed by atoms with Gasteiger partial charge in [-0.25, -0.2) is 4.98 Å². The minimum atomic E-state index is -0.123. The summed E-state index contributed by atoms with van der Waals surface area (Å²) in [6, 6.07) is -0.123. The third kappa shape index (κ3) is 3.90. The molecule has 0 aromatic carbocycles. The highest BCUT2D eigenvalue weighted by Crippen LogP contribution is 2.26. The summed E-state index contributed by atoms with van der Waals surface area (Å²) in [6.07, 6.45) is 0.324. The predicted molar refractivity (Wildman–Crippen MR) is 67.7 cm³/mol. The van der Waals surface area contributed by atoms with E-state index >= 15 is 0 Å². The maximum atomic E-state index is 11.5. The Kier molecular flexibility index (Phi) is 4.04. The average molecular weight is 241 g/mol. The van der Waals surface area contributed by atoms with Crippen LogP contribution in [0.15, 0.2) is 5.38 Å². The van der Waals surface area contributed by atoms with Crippen LogP contribution < -0.4 is 11.1 Å². The van der Waals surface area contributed by atoms with Gasteiger partial charge in [-0.2, -0.15) is 0 Å². The number of amides is 1. The molecule has 90 valence electrons. The number of nitrogens with zero attached hydrogens (tertiary/aromatic N) is 1. The molecule has 1 rings (SSSR count). The van der Waals surface area contributed by atoms with Crippen molar-refractivity contribution in [1.29, 1.82) is 0 Å². The zero-order chi connectivity index (χ0) is 12.3. The molecule has 0 saturated heterocycles. The summed E-state index contributed by atoms with van der Waals surface area (Å²) in [7, 11) is 0. The van der Waals surface area contributed by atoms with Gasteiger partial charge in [0.25, 0.3) is 0 Å². The molecule has 0 saturated carbocycles. The summed E-state index contributed by atoms with van der Waals surface area (Å²) >= 11 is 1.45. The van der Waals surface area contributed by atoms with Crippen LogP contribution in [-0.4, -0.2) is 16.9 Å². The van der Waals surface area contributed by atoms with Gasteiger partial charge in [0.05, 0.1) is 5.69 Å². The van der Waals surface area contributed by atoms with Crippen LogP contribution in [0.25, 0.3) is 0 Å². The van der Waals surface area contributed by atoms with Crippen LogP contribution in [-0.2, 0) is 10.2 Å². The lowest BCUT2D eigenvalue weighted by Crippen LogP contribution is -2.24. The fraction of sp³-hybridized carbons (Fsp3) is 0.636. The Morgan fingerprint density at radius 2 is 2.25 bits per heavy atom. The summed E-state index contributed by atoms with van der Waals surface area (Å²) in [5.41, 5.74) is 6.55. The van der Waals surface area contributed by atoms with Crippen molar-refractivity contribution < 1.29 is 4.79 Å². The number of nitrogens with two attached hydrogens (primary N) is 1. The monoisotopic (exact) mass is 241 g/mol. The van der Waals surface area contributed by atoms with Crippen molar-refractivity contribution in [3.05, 3.63) is 11.1 Å². The van der Waals surface area contributed by atoms with Gasteiger partial charge < -0.3 is 11.1 Å². The average Bonchev–Trinajstić information content (AvgIpc) is 2.49. The molecule has 0 aliphatic heterocycles. The van der Waals surface area contributed by atoms with E-state index in [0.717, 1.165) is 5.69 Å². The fourth-order valence-corrected chi connectivity index (χ4v) is 2.09.